The van der Waals surface area contributed by atoms with E-state index in [0.717, 1.165) is 24.3 Å². The first-order chi connectivity index (χ1) is 11.1. The zero-order valence-corrected chi connectivity index (χ0v) is 13.1. The van der Waals surface area contributed by atoms with E-state index in [2.05, 4.69) is 20.1 Å². The molecule has 1 unspecified atom stereocenters. The van der Waals surface area contributed by atoms with Crippen molar-refractivity contribution in [2.24, 2.45) is 0 Å². The molecule has 1 amide bonds. The molecule has 0 radical (unpaired) electrons. The molecular weight excluding hydrogens is 294 g/mol. The average molecular weight is 315 g/mol. The molecule has 1 fully saturated rings. The van der Waals surface area contributed by atoms with Gasteiger partial charge in [0.15, 0.2) is 0 Å². The van der Waals surface area contributed by atoms with Crippen molar-refractivity contribution in [1.29, 1.82) is 0 Å². The summed E-state index contributed by atoms with van der Waals surface area (Å²) in [5.74, 6) is -0.0118. The Kier molecular flexibility index (Phi) is 4.68. The third-order valence-corrected chi connectivity index (χ3v) is 4.02. The summed E-state index contributed by atoms with van der Waals surface area (Å²) in [5, 5.41) is 16.4. The van der Waals surface area contributed by atoms with Crippen LogP contribution in [0.5, 0.6) is 0 Å². The van der Waals surface area contributed by atoms with Gasteiger partial charge in [0.25, 0.3) is 5.91 Å². The second kappa shape index (κ2) is 6.89. The summed E-state index contributed by atoms with van der Waals surface area (Å²) in [4.78, 5) is 20.8. The van der Waals surface area contributed by atoms with Crippen LogP contribution < -0.4 is 0 Å². The summed E-state index contributed by atoms with van der Waals surface area (Å²) in [6.45, 7) is 5.30. The minimum Gasteiger partial charge on any atom is -0.392 e. The molecule has 122 valence electrons. The van der Waals surface area contributed by atoms with Gasteiger partial charge in [0.1, 0.15) is 0 Å². The van der Waals surface area contributed by atoms with E-state index in [1.54, 1.807) is 25.5 Å². The lowest BCUT2D eigenvalue weighted by Crippen LogP contribution is -2.50. The predicted molar refractivity (Wildman–Crippen MR) is 85.8 cm³/mol. The van der Waals surface area contributed by atoms with Crippen LogP contribution in [0.1, 0.15) is 17.3 Å². The Labute approximate surface area is 134 Å². The minimum absolute atomic E-state index is 0.0118. The molecular formula is C16H21N5O2. The van der Waals surface area contributed by atoms with Crippen LogP contribution in [-0.2, 0) is 0 Å². The molecule has 7 heteroatoms. The van der Waals surface area contributed by atoms with Crippen molar-refractivity contribution >= 4 is 5.91 Å². The number of β-amino-alcohol motifs (C(OH)–C–C–N with tert-alkyl or cyclic N) is 1. The fraction of sp³-hybridized carbons (Fsp3) is 0.438. The fourth-order valence-corrected chi connectivity index (χ4v) is 2.86. The third-order valence-electron chi connectivity index (χ3n) is 4.02. The monoisotopic (exact) mass is 315 g/mol. The number of hydrogen-bond donors (Lipinski definition) is 2. The van der Waals surface area contributed by atoms with Crippen molar-refractivity contribution in [2.75, 3.05) is 32.7 Å². The van der Waals surface area contributed by atoms with Crippen LogP contribution in [0, 0.1) is 0 Å². The van der Waals surface area contributed by atoms with Gasteiger partial charge in [-0.2, -0.15) is 5.10 Å². The molecule has 1 aliphatic rings. The van der Waals surface area contributed by atoms with Gasteiger partial charge in [-0.1, -0.05) is 0 Å². The maximum absolute atomic E-state index is 12.8. The number of aromatic amines is 1. The molecule has 1 aliphatic heterocycles. The highest BCUT2D eigenvalue weighted by atomic mass is 16.3. The second-order valence-corrected chi connectivity index (χ2v) is 5.84. The first-order valence-corrected chi connectivity index (χ1v) is 7.78. The largest absolute Gasteiger partial charge is 0.392 e. The molecule has 2 aromatic rings. The number of H-pyrrole nitrogens is 1. The van der Waals surface area contributed by atoms with Crippen molar-refractivity contribution in [3.05, 3.63) is 36.3 Å². The van der Waals surface area contributed by atoms with Gasteiger partial charge in [-0.25, -0.2) is 0 Å². The van der Waals surface area contributed by atoms with E-state index >= 15 is 0 Å². The van der Waals surface area contributed by atoms with Gasteiger partial charge in [0.05, 0.1) is 23.6 Å². The van der Waals surface area contributed by atoms with Gasteiger partial charge in [0, 0.05) is 50.7 Å². The maximum Gasteiger partial charge on any atom is 0.257 e. The van der Waals surface area contributed by atoms with Crippen molar-refractivity contribution in [3.8, 4) is 11.3 Å². The number of carbonyl (C=O) groups excluding carboxylic acids is 1. The SMILES string of the molecule is CC(O)CN1CCN(C(=O)c2cn[nH]c2-c2ccncc2)CC1. The fourth-order valence-electron chi connectivity index (χ4n) is 2.86. The lowest BCUT2D eigenvalue weighted by Gasteiger charge is -2.35. The van der Waals surface area contributed by atoms with Crippen LogP contribution in [0.15, 0.2) is 30.7 Å². The summed E-state index contributed by atoms with van der Waals surface area (Å²) in [6.07, 6.45) is 4.63. The first-order valence-electron chi connectivity index (χ1n) is 7.78. The number of rotatable bonds is 4. The number of aromatic nitrogens is 3. The van der Waals surface area contributed by atoms with E-state index in [1.165, 1.54) is 0 Å². The van der Waals surface area contributed by atoms with Crippen LogP contribution in [0.4, 0.5) is 0 Å². The zero-order valence-electron chi connectivity index (χ0n) is 13.1. The highest BCUT2D eigenvalue weighted by Crippen LogP contribution is 2.22. The average Bonchev–Trinajstić information content (AvgIpc) is 3.05. The van der Waals surface area contributed by atoms with Gasteiger partial charge in [-0.15, -0.1) is 0 Å². The Bertz CT molecular complexity index is 648. The van der Waals surface area contributed by atoms with Crippen molar-refractivity contribution < 1.29 is 9.90 Å². The molecule has 3 rings (SSSR count). The maximum atomic E-state index is 12.8. The molecule has 0 spiro atoms. The number of carbonyl (C=O) groups is 1. The molecule has 0 bridgehead atoms. The quantitative estimate of drug-likeness (QED) is 0.863. The number of nitrogens with one attached hydrogen (secondary N) is 1. The van der Waals surface area contributed by atoms with E-state index < -0.39 is 0 Å². The summed E-state index contributed by atoms with van der Waals surface area (Å²) in [5.41, 5.74) is 2.21. The predicted octanol–water partition coefficient (Wildman–Crippen LogP) is 0.610. The normalized spacial score (nSPS) is 17.2. The zero-order chi connectivity index (χ0) is 16.2. The lowest BCUT2D eigenvalue weighted by atomic mass is 10.1. The van der Waals surface area contributed by atoms with E-state index in [-0.39, 0.29) is 12.0 Å². The molecule has 1 saturated heterocycles. The molecule has 3 heterocycles. The van der Waals surface area contributed by atoms with Crippen LogP contribution >= 0.6 is 0 Å². The van der Waals surface area contributed by atoms with Crippen molar-refractivity contribution in [2.45, 2.75) is 13.0 Å². The molecule has 23 heavy (non-hydrogen) atoms. The van der Waals surface area contributed by atoms with Crippen LogP contribution in [0.2, 0.25) is 0 Å². The van der Waals surface area contributed by atoms with Gasteiger partial charge in [-0.3, -0.25) is 19.8 Å². The van der Waals surface area contributed by atoms with Crippen molar-refractivity contribution in [1.82, 2.24) is 25.0 Å². The van der Waals surface area contributed by atoms with Crippen LogP contribution in [0.25, 0.3) is 11.3 Å². The van der Waals surface area contributed by atoms with E-state index in [1.807, 2.05) is 17.0 Å². The standard InChI is InChI=1S/C16H21N5O2/c1-12(22)11-20-6-8-21(9-7-20)16(23)14-10-18-19-15(14)13-2-4-17-5-3-13/h2-5,10,12,22H,6-9,11H2,1H3,(H,18,19). The molecule has 2 N–H and O–H groups in total. The minimum atomic E-state index is -0.343. The van der Waals surface area contributed by atoms with Crippen molar-refractivity contribution in [3.63, 3.8) is 0 Å². The first kappa shape index (κ1) is 15.6. The Hall–Kier alpha value is -2.25. The number of piperazine rings is 1. The van der Waals surface area contributed by atoms with E-state index in [0.29, 0.717) is 25.2 Å². The summed E-state index contributed by atoms with van der Waals surface area (Å²) >= 11 is 0. The Morgan fingerprint density at radius 2 is 2.00 bits per heavy atom. The highest BCUT2D eigenvalue weighted by Gasteiger charge is 2.25. The molecule has 7 nitrogen and oxygen atoms in total. The smallest absolute Gasteiger partial charge is 0.257 e. The summed E-state index contributed by atoms with van der Waals surface area (Å²) in [6, 6.07) is 3.70. The number of amides is 1. The summed E-state index contributed by atoms with van der Waals surface area (Å²) in [7, 11) is 0. The molecule has 2 aromatic heterocycles. The number of hydrogen-bond acceptors (Lipinski definition) is 5. The van der Waals surface area contributed by atoms with Gasteiger partial charge < -0.3 is 10.0 Å². The van der Waals surface area contributed by atoms with Gasteiger partial charge in [0.2, 0.25) is 0 Å². The van der Waals surface area contributed by atoms with Crippen LogP contribution in [-0.4, -0.2) is 74.8 Å². The Balaban J connectivity index is 1.70. The van der Waals surface area contributed by atoms with Gasteiger partial charge in [-0.05, 0) is 19.1 Å². The number of aliphatic hydroxyl groups is 1. The molecule has 0 saturated carbocycles. The molecule has 1 atom stereocenters. The molecule has 0 aromatic carbocycles. The molecule has 0 aliphatic carbocycles. The highest BCUT2D eigenvalue weighted by molar-refractivity contribution is 5.99. The second-order valence-electron chi connectivity index (χ2n) is 5.84. The van der Waals surface area contributed by atoms with Crippen LogP contribution in [0.3, 0.4) is 0 Å². The Morgan fingerprint density at radius 3 is 2.65 bits per heavy atom. The lowest BCUT2D eigenvalue weighted by molar-refractivity contribution is 0.0555. The summed E-state index contributed by atoms with van der Waals surface area (Å²) < 4.78 is 0. The third kappa shape index (κ3) is 3.57. The Morgan fingerprint density at radius 1 is 1.30 bits per heavy atom. The number of pyridine rings is 1. The van der Waals surface area contributed by atoms with Gasteiger partial charge >= 0.3 is 0 Å². The van der Waals surface area contributed by atoms with E-state index in [9.17, 15) is 9.90 Å². The van der Waals surface area contributed by atoms with E-state index in [4.69, 9.17) is 0 Å². The number of aliphatic hydroxyl groups excluding tert-OH is 1. The number of nitrogens with zero attached hydrogens (tertiary/aromatic N) is 4. The topological polar surface area (TPSA) is 85.4 Å².